The van der Waals surface area contributed by atoms with Gasteiger partial charge in [-0.25, -0.2) is 4.68 Å². The predicted molar refractivity (Wildman–Crippen MR) is 109 cm³/mol. The van der Waals surface area contributed by atoms with E-state index in [2.05, 4.69) is 10.4 Å². The van der Waals surface area contributed by atoms with Gasteiger partial charge < -0.3 is 19.9 Å². The van der Waals surface area contributed by atoms with Crippen LogP contribution < -0.4 is 14.8 Å². The fraction of sp³-hybridized carbons (Fsp3) is 0.286. The number of aliphatic hydroxyl groups excluding tert-OH is 1. The zero-order valence-corrected chi connectivity index (χ0v) is 16.7. The summed E-state index contributed by atoms with van der Waals surface area (Å²) < 4.78 is 13.2. The third-order valence-corrected chi connectivity index (χ3v) is 4.73. The van der Waals surface area contributed by atoms with E-state index in [0.717, 1.165) is 22.5 Å². The Bertz CT molecular complexity index is 913. The first-order valence-electron chi connectivity index (χ1n) is 9.04. The summed E-state index contributed by atoms with van der Waals surface area (Å²) in [7, 11) is 1.61. The summed E-state index contributed by atoms with van der Waals surface area (Å²) in [6.07, 6.45) is 0. The van der Waals surface area contributed by atoms with Crippen LogP contribution in [-0.2, 0) is 13.2 Å². The van der Waals surface area contributed by atoms with Gasteiger partial charge in [-0.1, -0.05) is 35.9 Å². The molecule has 28 heavy (non-hydrogen) atoms. The van der Waals surface area contributed by atoms with Gasteiger partial charge in [-0.05, 0) is 36.8 Å². The van der Waals surface area contributed by atoms with Crippen LogP contribution in [0.2, 0.25) is 5.15 Å². The van der Waals surface area contributed by atoms with E-state index in [4.69, 9.17) is 26.2 Å². The van der Waals surface area contributed by atoms with Crippen molar-refractivity contribution in [3.63, 3.8) is 0 Å². The normalized spacial score (nSPS) is 10.9. The van der Waals surface area contributed by atoms with Gasteiger partial charge >= 0.3 is 0 Å². The largest absolute Gasteiger partial charge is 0.493 e. The van der Waals surface area contributed by atoms with Crippen molar-refractivity contribution in [1.29, 1.82) is 0 Å². The lowest BCUT2D eigenvalue weighted by molar-refractivity contribution is 0.283. The third kappa shape index (κ3) is 4.65. The fourth-order valence-electron chi connectivity index (χ4n) is 2.84. The third-order valence-electron chi connectivity index (χ3n) is 4.34. The van der Waals surface area contributed by atoms with E-state index in [9.17, 15) is 0 Å². The number of nitrogens with zero attached hydrogens (tertiary/aromatic N) is 2. The lowest BCUT2D eigenvalue weighted by Gasteiger charge is -2.13. The Morgan fingerprint density at radius 3 is 2.64 bits per heavy atom. The quantitative estimate of drug-likeness (QED) is 0.537. The van der Waals surface area contributed by atoms with Crippen molar-refractivity contribution in [1.82, 2.24) is 15.1 Å². The first kappa shape index (κ1) is 20.2. The Labute approximate surface area is 169 Å². The zero-order chi connectivity index (χ0) is 19.9. The van der Waals surface area contributed by atoms with Crippen LogP contribution in [0.4, 0.5) is 0 Å². The molecule has 0 fully saturated rings. The summed E-state index contributed by atoms with van der Waals surface area (Å²) >= 11 is 6.56. The molecule has 148 valence electrons. The minimum atomic E-state index is 0.106. The maximum atomic E-state index is 8.86. The molecule has 0 aliphatic carbocycles. The first-order chi connectivity index (χ1) is 13.6. The first-order valence-corrected chi connectivity index (χ1v) is 9.42. The van der Waals surface area contributed by atoms with Crippen LogP contribution >= 0.6 is 11.6 Å². The number of aliphatic hydroxyl groups is 1. The maximum absolute atomic E-state index is 8.86. The molecular weight excluding hydrogens is 378 g/mol. The molecule has 2 aromatic carbocycles. The Morgan fingerprint density at radius 1 is 1.14 bits per heavy atom. The van der Waals surface area contributed by atoms with Gasteiger partial charge in [0.15, 0.2) is 11.5 Å². The predicted octanol–water partition coefficient (Wildman–Crippen LogP) is 3.50. The number of ether oxygens (including phenoxy) is 2. The van der Waals surface area contributed by atoms with Crippen molar-refractivity contribution >= 4 is 11.6 Å². The highest BCUT2D eigenvalue weighted by Crippen LogP contribution is 2.31. The van der Waals surface area contributed by atoms with Gasteiger partial charge in [0.1, 0.15) is 11.8 Å². The SMILES string of the molecule is COc1cc(CNCCO)ccc1OCc1c(C)nn(-c2ccccc2)c1Cl. The van der Waals surface area contributed by atoms with Crippen molar-refractivity contribution in [3.05, 3.63) is 70.5 Å². The van der Waals surface area contributed by atoms with Crippen LogP contribution in [0.1, 0.15) is 16.8 Å². The summed E-state index contributed by atoms with van der Waals surface area (Å²) in [5, 5.41) is 17.1. The highest BCUT2D eigenvalue weighted by Gasteiger charge is 2.16. The molecule has 0 atom stereocenters. The number of aryl methyl sites for hydroxylation is 1. The topological polar surface area (TPSA) is 68.5 Å². The number of halogens is 1. The fourth-order valence-corrected chi connectivity index (χ4v) is 3.17. The summed E-state index contributed by atoms with van der Waals surface area (Å²) in [6, 6.07) is 15.5. The van der Waals surface area contributed by atoms with Crippen LogP contribution in [0.25, 0.3) is 5.69 Å². The molecule has 0 radical (unpaired) electrons. The summed E-state index contributed by atoms with van der Waals surface area (Å²) in [5.41, 5.74) is 3.60. The van der Waals surface area contributed by atoms with Gasteiger partial charge in [0.25, 0.3) is 0 Å². The molecule has 0 saturated carbocycles. The standard InChI is InChI=1S/C21H24ClN3O3/c1-15-18(21(22)25(24-15)17-6-4-3-5-7-17)14-28-19-9-8-16(12-20(19)27-2)13-23-10-11-26/h3-9,12,23,26H,10-11,13-14H2,1-2H3. The molecule has 0 aliphatic rings. The second-order valence-electron chi connectivity index (χ2n) is 6.28. The van der Waals surface area contributed by atoms with Crippen LogP contribution in [0.3, 0.4) is 0 Å². The monoisotopic (exact) mass is 401 g/mol. The molecule has 0 aliphatic heterocycles. The van der Waals surface area contributed by atoms with Gasteiger partial charge in [0, 0.05) is 18.7 Å². The number of aromatic nitrogens is 2. The van der Waals surface area contributed by atoms with Crippen LogP contribution in [0.5, 0.6) is 11.5 Å². The molecule has 0 unspecified atom stereocenters. The van der Waals surface area contributed by atoms with E-state index in [0.29, 0.717) is 29.7 Å². The molecule has 7 heteroatoms. The minimum absolute atomic E-state index is 0.106. The van der Waals surface area contributed by atoms with E-state index >= 15 is 0 Å². The Kier molecular flexibility index (Phi) is 6.92. The van der Waals surface area contributed by atoms with Gasteiger partial charge in [-0.2, -0.15) is 5.10 Å². The highest BCUT2D eigenvalue weighted by molar-refractivity contribution is 6.30. The molecular formula is C21H24ClN3O3. The number of rotatable bonds is 9. The van der Waals surface area contributed by atoms with Gasteiger partial charge in [-0.3, -0.25) is 0 Å². The maximum Gasteiger partial charge on any atom is 0.161 e. The molecule has 0 spiro atoms. The number of hydrogen-bond donors (Lipinski definition) is 2. The Hall–Kier alpha value is -2.54. The average Bonchev–Trinajstić information content (AvgIpc) is 3.01. The van der Waals surface area contributed by atoms with Crippen molar-refractivity contribution in [3.8, 4) is 17.2 Å². The average molecular weight is 402 g/mol. The number of nitrogens with one attached hydrogen (secondary N) is 1. The molecule has 0 saturated heterocycles. The molecule has 1 aromatic heterocycles. The molecule has 3 rings (SSSR count). The minimum Gasteiger partial charge on any atom is -0.493 e. The number of hydrogen-bond acceptors (Lipinski definition) is 5. The molecule has 3 aromatic rings. The van der Waals surface area contributed by atoms with Crippen LogP contribution in [0, 0.1) is 6.92 Å². The smallest absolute Gasteiger partial charge is 0.161 e. The molecule has 2 N–H and O–H groups in total. The Morgan fingerprint density at radius 2 is 1.93 bits per heavy atom. The second kappa shape index (κ2) is 9.59. The van der Waals surface area contributed by atoms with Gasteiger partial charge in [0.05, 0.1) is 25.1 Å². The van der Waals surface area contributed by atoms with E-state index in [1.165, 1.54) is 0 Å². The lowest BCUT2D eigenvalue weighted by Crippen LogP contribution is -2.17. The number of para-hydroxylation sites is 1. The molecule has 0 bridgehead atoms. The number of methoxy groups -OCH3 is 1. The summed E-state index contributed by atoms with van der Waals surface area (Å²) in [4.78, 5) is 0. The van der Waals surface area contributed by atoms with Crippen LogP contribution in [-0.4, -0.2) is 35.1 Å². The van der Waals surface area contributed by atoms with Gasteiger partial charge in [0.2, 0.25) is 0 Å². The van der Waals surface area contributed by atoms with Crippen molar-refractivity contribution in [2.24, 2.45) is 0 Å². The number of benzene rings is 2. The van der Waals surface area contributed by atoms with E-state index in [1.807, 2.05) is 55.5 Å². The van der Waals surface area contributed by atoms with E-state index in [-0.39, 0.29) is 13.2 Å². The second-order valence-corrected chi connectivity index (χ2v) is 6.63. The molecule has 1 heterocycles. The summed E-state index contributed by atoms with van der Waals surface area (Å²) in [5.74, 6) is 1.28. The summed E-state index contributed by atoms with van der Waals surface area (Å²) in [6.45, 7) is 3.50. The van der Waals surface area contributed by atoms with E-state index in [1.54, 1.807) is 11.8 Å². The van der Waals surface area contributed by atoms with Crippen LogP contribution in [0.15, 0.2) is 48.5 Å². The zero-order valence-electron chi connectivity index (χ0n) is 16.0. The Balaban J connectivity index is 1.74. The van der Waals surface area contributed by atoms with E-state index < -0.39 is 0 Å². The lowest BCUT2D eigenvalue weighted by atomic mass is 10.2. The van der Waals surface area contributed by atoms with Crippen molar-refractivity contribution in [2.45, 2.75) is 20.1 Å². The highest BCUT2D eigenvalue weighted by atomic mass is 35.5. The molecule has 6 nitrogen and oxygen atoms in total. The van der Waals surface area contributed by atoms with Crippen molar-refractivity contribution < 1.29 is 14.6 Å². The molecule has 0 amide bonds. The van der Waals surface area contributed by atoms with Gasteiger partial charge in [-0.15, -0.1) is 0 Å². The van der Waals surface area contributed by atoms with Crippen molar-refractivity contribution in [2.75, 3.05) is 20.3 Å².